The van der Waals surface area contributed by atoms with Crippen LogP contribution < -0.4 is 0 Å². The first-order valence-corrected chi connectivity index (χ1v) is 12.0. The number of hydrogen-bond donors (Lipinski definition) is 2. The molecule has 0 fully saturated rings. The van der Waals surface area contributed by atoms with Crippen molar-refractivity contribution >= 4 is 16.6 Å². The van der Waals surface area contributed by atoms with Crippen LogP contribution in [0.4, 0.5) is 0 Å². The van der Waals surface area contributed by atoms with Crippen LogP contribution in [0.2, 0.25) is 39.3 Å². The van der Waals surface area contributed by atoms with Gasteiger partial charge in [0.2, 0.25) is 0 Å². The number of hydrogen-bond acceptors (Lipinski definition) is 4. The summed E-state index contributed by atoms with van der Waals surface area (Å²) in [6.07, 6.45) is 0.0987. The van der Waals surface area contributed by atoms with Gasteiger partial charge in [0.15, 0.2) is 16.6 Å². The summed E-state index contributed by atoms with van der Waals surface area (Å²) in [4.78, 5) is 0. The molecule has 15 heavy (non-hydrogen) atoms. The maximum Gasteiger partial charge on any atom is 0.263 e. The fourth-order valence-corrected chi connectivity index (χ4v) is 3.51. The Labute approximate surface area is 94.5 Å². The summed E-state index contributed by atoms with van der Waals surface area (Å²) < 4.78 is 11.2. The second-order valence-electron chi connectivity index (χ2n) is 5.62. The lowest BCUT2D eigenvalue weighted by Gasteiger charge is -2.38. The first kappa shape index (κ1) is 15.3. The molecular weight excluding hydrogens is 228 g/mol. The molecule has 0 aromatic carbocycles. The Morgan fingerprint density at radius 2 is 1.27 bits per heavy atom. The van der Waals surface area contributed by atoms with E-state index in [9.17, 15) is 5.11 Å². The zero-order valence-corrected chi connectivity index (χ0v) is 12.6. The minimum absolute atomic E-state index is 0.0987. The second kappa shape index (κ2) is 5.07. The van der Waals surface area contributed by atoms with Crippen molar-refractivity contribution in [1.29, 1.82) is 0 Å². The Morgan fingerprint density at radius 1 is 0.933 bits per heavy atom. The average molecular weight is 252 g/mol. The van der Waals surface area contributed by atoms with E-state index in [1.165, 1.54) is 0 Å². The molecule has 0 aliphatic carbocycles. The molecule has 0 rings (SSSR count). The molecule has 0 atom stereocenters. The van der Waals surface area contributed by atoms with Crippen molar-refractivity contribution in [2.45, 2.75) is 51.7 Å². The molecule has 0 saturated heterocycles. The highest BCUT2D eigenvalue weighted by molar-refractivity contribution is 6.70. The standard InChI is InChI=1S/C9H24O4Si2/c1-14(2,3)12-9(11,7-8-10)13-15(4,5)6/h10-11H,7-8H2,1-6H3. The van der Waals surface area contributed by atoms with Crippen molar-refractivity contribution < 1.29 is 19.1 Å². The molecule has 6 heteroatoms. The van der Waals surface area contributed by atoms with Crippen LogP contribution >= 0.6 is 0 Å². The molecule has 0 spiro atoms. The summed E-state index contributed by atoms with van der Waals surface area (Å²) in [6.45, 7) is 11.7. The first-order chi connectivity index (χ1) is 6.47. The molecule has 2 N–H and O–H groups in total. The third-order valence-corrected chi connectivity index (χ3v) is 3.22. The van der Waals surface area contributed by atoms with E-state index >= 15 is 0 Å². The lowest BCUT2D eigenvalue weighted by Crippen LogP contribution is -2.50. The highest BCUT2D eigenvalue weighted by Crippen LogP contribution is 2.24. The number of aliphatic hydroxyl groups is 2. The maximum atomic E-state index is 10.1. The van der Waals surface area contributed by atoms with Gasteiger partial charge in [-0.05, 0) is 39.3 Å². The van der Waals surface area contributed by atoms with Crippen LogP contribution in [0.25, 0.3) is 0 Å². The van der Waals surface area contributed by atoms with Gasteiger partial charge >= 0.3 is 0 Å². The van der Waals surface area contributed by atoms with Crippen LogP contribution in [-0.4, -0.2) is 39.4 Å². The van der Waals surface area contributed by atoms with E-state index in [4.69, 9.17) is 14.0 Å². The molecule has 0 radical (unpaired) electrons. The van der Waals surface area contributed by atoms with E-state index in [2.05, 4.69) is 0 Å². The second-order valence-corrected chi connectivity index (χ2v) is 14.5. The fraction of sp³-hybridized carbons (Fsp3) is 1.00. The Morgan fingerprint density at radius 3 is 1.47 bits per heavy atom. The summed E-state index contributed by atoms with van der Waals surface area (Å²) in [7, 11) is -3.79. The lowest BCUT2D eigenvalue weighted by atomic mass is 10.4. The maximum absolute atomic E-state index is 10.1. The molecule has 0 aliphatic rings. The molecule has 0 saturated carbocycles. The van der Waals surface area contributed by atoms with Crippen LogP contribution in [-0.2, 0) is 8.85 Å². The largest absolute Gasteiger partial charge is 0.396 e. The summed E-state index contributed by atoms with van der Waals surface area (Å²) in [5, 5.41) is 19.1. The highest BCUT2D eigenvalue weighted by atomic mass is 28.4. The van der Waals surface area contributed by atoms with Crippen LogP contribution in [0.1, 0.15) is 6.42 Å². The van der Waals surface area contributed by atoms with E-state index < -0.39 is 22.6 Å². The molecule has 0 unspecified atom stereocenters. The third-order valence-electron chi connectivity index (χ3n) is 1.36. The molecule has 0 heterocycles. The fourth-order valence-electron chi connectivity index (χ4n) is 1.22. The monoisotopic (exact) mass is 252 g/mol. The molecule has 0 aromatic heterocycles. The molecule has 4 nitrogen and oxygen atoms in total. The summed E-state index contributed by atoms with van der Waals surface area (Å²) >= 11 is 0. The highest BCUT2D eigenvalue weighted by Gasteiger charge is 2.38. The lowest BCUT2D eigenvalue weighted by molar-refractivity contribution is -0.290. The molecule has 0 amide bonds. The molecule has 0 bridgehead atoms. The van der Waals surface area contributed by atoms with E-state index in [0.29, 0.717) is 0 Å². The van der Waals surface area contributed by atoms with Crippen LogP contribution in [0.15, 0.2) is 0 Å². The third kappa shape index (κ3) is 8.12. The zero-order valence-electron chi connectivity index (χ0n) is 10.6. The van der Waals surface area contributed by atoms with Gasteiger partial charge in [0.05, 0.1) is 13.0 Å². The van der Waals surface area contributed by atoms with Gasteiger partial charge in [-0.3, -0.25) is 0 Å². The Hall–Kier alpha value is 0.274. The Bertz CT molecular complexity index is 179. The van der Waals surface area contributed by atoms with Gasteiger partial charge in [0, 0.05) is 0 Å². The zero-order chi connectivity index (χ0) is 12.3. The minimum atomic E-state index is -1.89. The van der Waals surface area contributed by atoms with Gasteiger partial charge in [-0.1, -0.05) is 0 Å². The summed E-state index contributed by atoms with van der Waals surface area (Å²) in [6, 6.07) is 0. The first-order valence-electron chi connectivity index (χ1n) is 5.21. The Kier molecular flexibility index (Phi) is 5.16. The van der Waals surface area contributed by atoms with Gasteiger partial charge in [0.1, 0.15) is 0 Å². The average Bonchev–Trinajstić information content (AvgIpc) is 1.74. The molecular formula is C9H24O4Si2. The number of aliphatic hydroxyl groups excluding tert-OH is 1. The summed E-state index contributed by atoms with van der Waals surface area (Å²) in [5.74, 6) is -1.61. The van der Waals surface area contributed by atoms with Gasteiger partial charge in [-0.25, -0.2) is 0 Å². The van der Waals surface area contributed by atoms with Crippen LogP contribution in [0.3, 0.4) is 0 Å². The van der Waals surface area contributed by atoms with Crippen molar-refractivity contribution in [3.63, 3.8) is 0 Å². The van der Waals surface area contributed by atoms with Crippen molar-refractivity contribution in [3.8, 4) is 0 Å². The topological polar surface area (TPSA) is 58.9 Å². The smallest absolute Gasteiger partial charge is 0.263 e. The molecule has 0 aromatic rings. The Balaban J connectivity index is 4.59. The van der Waals surface area contributed by atoms with Gasteiger partial charge in [0.25, 0.3) is 5.97 Å². The van der Waals surface area contributed by atoms with Crippen molar-refractivity contribution in [1.82, 2.24) is 0 Å². The van der Waals surface area contributed by atoms with Crippen LogP contribution in [0.5, 0.6) is 0 Å². The minimum Gasteiger partial charge on any atom is -0.396 e. The summed E-state index contributed by atoms with van der Waals surface area (Å²) in [5.41, 5.74) is 0. The predicted octanol–water partition coefficient (Wildman–Crippen LogP) is 1.72. The van der Waals surface area contributed by atoms with E-state index in [-0.39, 0.29) is 13.0 Å². The van der Waals surface area contributed by atoms with Gasteiger partial charge in [-0.2, -0.15) is 0 Å². The van der Waals surface area contributed by atoms with Crippen molar-refractivity contribution in [2.75, 3.05) is 6.61 Å². The van der Waals surface area contributed by atoms with Gasteiger partial charge < -0.3 is 19.1 Å². The van der Waals surface area contributed by atoms with E-state index in [1.54, 1.807) is 0 Å². The number of rotatable bonds is 6. The molecule has 0 aliphatic heterocycles. The van der Waals surface area contributed by atoms with Gasteiger partial charge in [-0.15, -0.1) is 0 Å². The van der Waals surface area contributed by atoms with Crippen molar-refractivity contribution in [2.24, 2.45) is 0 Å². The van der Waals surface area contributed by atoms with Crippen molar-refractivity contribution in [3.05, 3.63) is 0 Å². The SMILES string of the molecule is C[Si](C)(C)OC(O)(CCO)O[Si](C)(C)C. The molecule has 92 valence electrons. The van der Waals surface area contributed by atoms with E-state index in [1.807, 2.05) is 39.3 Å². The predicted molar refractivity (Wildman–Crippen MR) is 65.5 cm³/mol. The quantitative estimate of drug-likeness (QED) is 0.558. The van der Waals surface area contributed by atoms with E-state index in [0.717, 1.165) is 0 Å². The van der Waals surface area contributed by atoms with Crippen LogP contribution in [0, 0.1) is 0 Å². The normalized spacial score (nSPS) is 14.4.